The molecule has 0 aromatic carbocycles. The molecule has 1 N–H and O–H groups in total. The monoisotopic (exact) mass is 446 g/mol. The van der Waals surface area contributed by atoms with E-state index in [1.54, 1.807) is 0 Å². The Labute approximate surface area is 182 Å². The molecule has 5 nitrogen and oxygen atoms in total. The number of hydrogen-bond acceptors (Lipinski definition) is 4. The Morgan fingerprint density at radius 3 is 1.83 bits per heavy atom. The van der Waals surface area contributed by atoms with Gasteiger partial charge >= 0.3 is 19.0 Å². The molecular formula is C23H40FO5P. The summed E-state index contributed by atoms with van der Waals surface area (Å²) in [7, 11) is -4.40. The zero-order valence-corrected chi connectivity index (χ0v) is 20.4. The van der Waals surface area contributed by atoms with E-state index in [0.717, 1.165) is 25.7 Å². The van der Waals surface area contributed by atoms with Gasteiger partial charge in [-0.25, -0.2) is 9.18 Å². The molecule has 0 rings (SSSR count). The van der Waals surface area contributed by atoms with Gasteiger partial charge in [-0.05, 0) is 80.1 Å². The zero-order chi connectivity index (χ0) is 23.2. The summed E-state index contributed by atoms with van der Waals surface area (Å²) < 4.78 is 37.7. The van der Waals surface area contributed by atoms with E-state index in [1.807, 2.05) is 13.0 Å². The number of rotatable bonds is 16. The Kier molecular flexibility index (Phi) is 14.1. The molecule has 7 heteroatoms. The van der Waals surface area contributed by atoms with E-state index in [-0.39, 0.29) is 19.6 Å². The molecule has 0 fully saturated rings. The third-order valence-electron chi connectivity index (χ3n) is 4.69. The van der Waals surface area contributed by atoms with Crippen molar-refractivity contribution in [2.75, 3.05) is 13.2 Å². The van der Waals surface area contributed by atoms with E-state index in [2.05, 4.69) is 32.9 Å². The topological polar surface area (TPSA) is 72.8 Å². The van der Waals surface area contributed by atoms with Gasteiger partial charge in [-0.2, -0.15) is 0 Å². The van der Waals surface area contributed by atoms with Crippen LogP contribution in [0.15, 0.2) is 34.9 Å². The van der Waals surface area contributed by atoms with Crippen LogP contribution in [0, 0.1) is 0 Å². The van der Waals surface area contributed by atoms with Crippen molar-refractivity contribution < 1.29 is 27.9 Å². The molecule has 0 aliphatic carbocycles. The highest BCUT2D eigenvalue weighted by Crippen LogP contribution is 2.63. The van der Waals surface area contributed by atoms with Gasteiger partial charge in [0, 0.05) is 6.42 Å². The molecule has 0 radical (unpaired) electrons. The van der Waals surface area contributed by atoms with Crippen LogP contribution in [-0.2, 0) is 18.4 Å². The van der Waals surface area contributed by atoms with Gasteiger partial charge in [0.2, 0.25) is 0 Å². The minimum Gasteiger partial charge on any atom is -0.478 e. The number of halogens is 1. The van der Waals surface area contributed by atoms with Crippen molar-refractivity contribution in [2.45, 2.75) is 91.9 Å². The second kappa shape index (κ2) is 14.7. The van der Waals surface area contributed by atoms with Gasteiger partial charge in [-0.3, -0.25) is 4.57 Å². The Morgan fingerprint density at radius 1 is 0.933 bits per heavy atom. The minimum absolute atomic E-state index is 0.0868. The van der Waals surface area contributed by atoms with Gasteiger partial charge in [0.15, 0.2) is 0 Å². The molecule has 0 amide bonds. The summed E-state index contributed by atoms with van der Waals surface area (Å²) in [6.07, 6.45) is 10.7. The highest BCUT2D eigenvalue weighted by atomic mass is 31.2. The van der Waals surface area contributed by atoms with Gasteiger partial charge in [0.05, 0.1) is 13.2 Å². The highest BCUT2D eigenvalue weighted by Gasteiger charge is 2.58. The summed E-state index contributed by atoms with van der Waals surface area (Å²) in [5, 5.41) is 6.32. The van der Waals surface area contributed by atoms with E-state index in [4.69, 9.17) is 9.05 Å². The number of unbranched alkanes of at least 4 members (excludes halogenated alkanes) is 1. The maximum Gasteiger partial charge on any atom is 0.379 e. The lowest BCUT2D eigenvalue weighted by Gasteiger charge is -2.28. The smallest absolute Gasteiger partial charge is 0.379 e. The fourth-order valence-electron chi connectivity index (χ4n) is 2.97. The van der Waals surface area contributed by atoms with Crippen LogP contribution in [-0.4, -0.2) is 29.7 Å². The Balaban J connectivity index is 4.69. The molecule has 0 saturated heterocycles. The standard InChI is InChI=1S/C23H40FO5P/c1-7-28-30(27,29-8-2)23(24,22(25)26)18-10-9-14-20(5)16-12-17-21(6)15-11-13-19(3)4/h13-14,17H,7-12,15-16,18H2,1-6H3,(H,25,26)/b20-14+,21-17+. The average Bonchev–Trinajstić information content (AvgIpc) is 2.64. The number of carboxylic acid groups (broad SMARTS) is 1. The first-order valence-electron chi connectivity index (χ1n) is 10.8. The first-order valence-corrected chi connectivity index (χ1v) is 12.3. The van der Waals surface area contributed by atoms with Crippen LogP contribution in [0.1, 0.15) is 86.5 Å². The number of aliphatic carboxylic acids is 1. The van der Waals surface area contributed by atoms with Crippen molar-refractivity contribution in [3.05, 3.63) is 34.9 Å². The number of hydrogen-bond donors (Lipinski definition) is 1. The first-order chi connectivity index (χ1) is 14.0. The molecule has 0 spiro atoms. The van der Waals surface area contributed by atoms with Crippen molar-refractivity contribution in [3.8, 4) is 0 Å². The number of carbonyl (C=O) groups is 1. The fraction of sp³-hybridized carbons (Fsp3) is 0.696. The molecule has 0 aliphatic rings. The van der Waals surface area contributed by atoms with Crippen LogP contribution in [0.25, 0.3) is 0 Å². The largest absolute Gasteiger partial charge is 0.478 e. The summed E-state index contributed by atoms with van der Waals surface area (Å²) >= 11 is 0. The molecule has 1 unspecified atom stereocenters. The van der Waals surface area contributed by atoms with Crippen LogP contribution in [0.4, 0.5) is 4.39 Å². The Bertz CT molecular complexity index is 655. The van der Waals surface area contributed by atoms with E-state index in [1.165, 1.54) is 30.6 Å². The Hall–Kier alpha value is -1.23. The van der Waals surface area contributed by atoms with Gasteiger partial charge < -0.3 is 14.2 Å². The lowest BCUT2D eigenvalue weighted by molar-refractivity contribution is -0.147. The van der Waals surface area contributed by atoms with Crippen molar-refractivity contribution in [2.24, 2.45) is 0 Å². The average molecular weight is 447 g/mol. The predicted octanol–water partition coefficient (Wildman–Crippen LogP) is 7.59. The van der Waals surface area contributed by atoms with Gasteiger partial charge in [0.1, 0.15) is 0 Å². The molecule has 0 aromatic heterocycles. The summed E-state index contributed by atoms with van der Waals surface area (Å²) in [5.41, 5.74) is 3.87. The van der Waals surface area contributed by atoms with Gasteiger partial charge in [-0.15, -0.1) is 0 Å². The van der Waals surface area contributed by atoms with Crippen molar-refractivity contribution in [1.29, 1.82) is 0 Å². The quantitative estimate of drug-likeness (QED) is 0.150. The molecule has 0 aliphatic heterocycles. The van der Waals surface area contributed by atoms with Crippen molar-refractivity contribution in [1.82, 2.24) is 0 Å². The molecule has 0 saturated carbocycles. The van der Waals surface area contributed by atoms with Crippen LogP contribution < -0.4 is 0 Å². The zero-order valence-electron chi connectivity index (χ0n) is 19.5. The third kappa shape index (κ3) is 10.2. The van der Waals surface area contributed by atoms with E-state index in [9.17, 15) is 14.5 Å². The normalized spacial score (nSPS) is 15.0. The summed E-state index contributed by atoms with van der Waals surface area (Å²) in [4.78, 5) is 11.5. The maximum absolute atomic E-state index is 15.2. The second-order valence-electron chi connectivity index (χ2n) is 7.75. The summed E-state index contributed by atoms with van der Waals surface area (Å²) in [6.45, 7) is 11.2. The number of alkyl halides is 1. The fourth-order valence-corrected chi connectivity index (χ4v) is 4.80. The lowest BCUT2D eigenvalue weighted by atomic mass is 10.0. The molecular weight excluding hydrogens is 406 g/mol. The molecule has 30 heavy (non-hydrogen) atoms. The van der Waals surface area contributed by atoms with Crippen molar-refractivity contribution >= 4 is 13.6 Å². The van der Waals surface area contributed by atoms with E-state index in [0.29, 0.717) is 6.42 Å². The van der Waals surface area contributed by atoms with Crippen LogP contribution in [0.5, 0.6) is 0 Å². The van der Waals surface area contributed by atoms with E-state index >= 15 is 4.39 Å². The molecule has 0 heterocycles. The molecule has 0 aromatic rings. The SMILES string of the molecule is CCOP(=O)(OCC)C(F)(CCC/C=C(\C)CC/C=C(\C)CCC=C(C)C)C(=O)O. The molecule has 174 valence electrons. The Morgan fingerprint density at radius 2 is 1.40 bits per heavy atom. The highest BCUT2D eigenvalue weighted by molar-refractivity contribution is 7.56. The number of allylic oxidation sites excluding steroid dienone is 6. The molecule has 0 bridgehead atoms. The summed E-state index contributed by atoms with van der Waals surface area (Å²) in [5.74, 6) is -1.80. The van der Waals surface area contributed by atoms with Crippen LogP contribution >= 0.6 is 7.60 Å². The van der Waals surface area contributed by atoms with Crippen molar-refractivity contribution in [3.63, 3.8) is 0 Å². The number of carboxylic acids is 1. The predicted molar refractivity (Wildman–Crippen MR) is 122 cm³/mol. The minimum atomic E-state index is -4.40. The van der Waals surface area contributed by atoms with E-state index < -0.39 is 25.4 Å². The molecule has 1 atom stereocenters. The van der Waals surface area contributed by atoms with Gasteiger partial charge in [-0.1, -0.05) is 34.9 Å². The maximum atomic E-state index is 15.2. The second-order valence-corrected chi connectivity index (χ2v) is 9.97. The summed E-state index contributed by atoms with van der Waals surface area (Å²) in [6, 6.07) is 0. The third-order valence-corrected chi connectivity index (χ3v) is 7.17. The van der Waals surface area contributed by atoms with Gasteiger partial charge in [0.25, 0.3) is 0 Å². The first kappa shape index (κ1) is 28.8. The lowest BCUT2D eigenvalue weighted by Crippen LogP contribution is -2.35. The van der Waals surface area contributed by atoms with Crippen LogP contribution in [0.2, 0.25) is 0 Å². The van der Waals surface area contributed by atoms with Crippen LogP contribution in [0.3, 0.4) is 0 Å².